The van der Waals surface area contributed by atoms with Gasteiger partial charge in [0, 0.05) is 11.5 Å². The fraction of sp³-hybridized carbons (Fsp3) is 0.300. The number of nitrogens with one attached hydrogen (secondary N) is 1. The molecule has 0 aliphatic heterocycles. The van der Waals surface area contributed by atoms with Gasteiger partial charge in [-0.05, 0) is 52.0 Å². The first kappa shape index (κ1) is 18.5. The number of hydrogen-bond acceptors (Lipinski definition) is 4. The van der Waals surface area contributed by atoms with Crippen LogP contribution in [-0.4, -0.2) is 24.2 Å². The van der Waals surface area contributed by atoms with Crippen molar-refractivity contribution in [3.05, 3.63) is 63.5 Å². The Morgan fingerprint density at radius 3 is 2.44 bits per heavy atom. The summed E-state index contributed by atoms with van der Waals surface area (Å²) in [6, 6.07) is 6.46. The molecule has 0 aliphatic carbocycles. The smallest absolute Gasteiger partial charge is 0.355 e. The maximum Gasteiger partial charge on any atom is 0.355 e. The molecule has 0 fully saturated rings. The molecule has 0 spiro atoms. The van der Waals surface area contributed by atoms with Gasteiger partial charge in [0.15, 0.2) is 5.43 Å². The molecule has 1 aromatic carbocycles. The van der Waals surface area contributed by atoms with Crippen molar-refractivity contribution < 1.29 is 14.3 Å². The van der Waals surface area contributed by atoms with Crippen LogP contribution in [0.15, 0.2) is 52.4 Å². The lowest BCUT2D eigenvalue weighted by Crippen LogP contribution is -2.13. The number of aromatic nitrogens is 1. The van der Waals surface area contributed by atoms with E-state index in [-0.39, 0.29) is 17.7 Å². The monoisotopic (exact) mass is 341 g/mol. The molecule has 5 heteroatoms. The summed E-state index contributed by atoms with van der Waals surface area (Å²) in [4.78, 5) is 27.4. The number of esters is 1. The van der Waals surface area contributed by atoms with Crippen molar-refractivity contribution in [2.45, 2.75) is 27.7 Å². The Morgan fingerprint density at radius 1 is 1.08 bits per heavy atom. The van der Waals surface area contributed by atoms with E-state index in [0.717, 1.165) is 11.1 Å². The Bertz CT molecular complexity index is 882. The van der Waals surface area contributed by atoms with Crippen LogP contribution in [0.5, 0.6) is 5.75 Å². The summed E-state index contributed by atoms with van der Waals surface area (Å²) in [5.74, 6) is -0.0540. The van der Waals surface area contributed by atoms with Gasteiger partial charge in [0.1, 0.15) is 24.7 Å². The lowest BCUT2D eigenvalue weighted by Gasteiger charge is -2.09. The van der Waals surface area contributed by atoms with Gasteiger partial charge < -0.3 is 14.5 Å². The third-order valence-electron chi connectivity index (χ3n) is 3.48. The topological polar surface area (TPSA) is 68.4 Å². The van der Waals surface area contributed by atoms with E-state index in [2.05, 4.69) is 4.98 Å². The van der Waals surface area contributed by atoms with E-state index >= 15 is 0 Å². The minimum atomic E-state index is -0.574. The van der Waals surface area contributed by atoms with Crippen molar-refractivity contribution >= 4 is 16.9 Å². The van der Waals surface area contributed by atoms with Gasteiger partial charge >= 0.3 is 5.97 Å². The van der Waals surface area contributed by atoms with Crippen molar-refractivity contribution in [3.63, 3.8) is 0 Å². The van der Waals surface area contributed by atoms with Gasteiger partial charge in [0.25, 0.3) is 0 Å². The zero-order valence-corrected chi connectivity index (χ0v) is 15.0. The second-order valence-electron chi connectivity index (χ2n) is 6.20. The van der Waals surface area contributed by atoms with E-state index in [1.807, 2.05) is 33.8 Å². The fourth-order valence-electron chi connectivity index (χ4n) is 2.14. The van der Waals surface area contributed by atoms with E-state index in [1.54, 1.807) is 24.3 Å². The predicted molar refractivity (Wildman–Crippen MR) is 99.2 cm³/mol. The van der Waals surface area contributed by atoms with Crippen LogP contribution in [-0.2, 0) is 4.74 Å². The molecule has 132 valence electrons. The number of hydrogen-bond donors (Lipinski definition) is 1. The summed E-state index contributed by atoms with van der Waals surface area (Å²) in [7, 11) is 0. The molecule has 5 nitrogen and oxygen atoms in total. The molecule has 0 amide bonds. The lowest BCUT2D eigenvalue weighted by atomic mass is 10.2. The van der Waals surface area contributed by atoms with Crippen molar-refractivity contribution in [2.75, 3.05) is 13.2 Å². The standard InChI is InChI=1S/C20H23NO4/c1-13(2)8-10-24-18-7-5-6-15-17(22)12-16(21-19(15)18)20(23)25-11-9-14(3)4/h5-9,12H,10-11H2,1-4H3,(H,21,22). The maximum absolute atomic E-state index is 12.3. The maximum atomic E-state index is 12.3. The molecule has 0 radical (unpaired) electrons. The number of rotatable bonds is 6. The van der Waals surface area contributed by atoms with Crippen LogP contribution in [0.2, 0.25) is 0 Å². The molecule has 0 saturated carbocycles. The number of pyridine rings is 1. The van der Waals surface area contributed by atoms with Gasteiger partial charge in [0.05, 0.1) is 5.52 Å². The molecule has 0 saturated heterocycles. The van der Waals surface area contributed by atoms with Crippen molar-refractivity contribution in [3.8, 4) is 5.75 Å². The van der Waals surface area contributed by atoms with Crippen LogP contribution in [0.3, 0.4) is 0 Å². The van der Waals surface area contributed by atoms with Crippen LogP contribution in [0, 0.1) is 0 Å². The number of carbonyl (C=O) groups excluding carboxylic acids is 1. The van der Waals surface area contributed by atoms with Crippen molar-refractivity contribution in [2.24, 2.45) is 0 Å². The fourth-order valence-corrected chi connectivity index (χ4v) is 2.14. The van der Waals surface area contributed by atoms with E-state index < -0.39 is 5.97 Å². The van der Waals surface area contributed by atoms with Crippen LogP contribution in [0.1, 0.15) is 38.2 Å². The zero-order chi connectivity index (χ0) is 18.4. The van der Waals surface area contributed by atoms with Gasteiger partial charge in [0.2, 0.25) is 0 Å². The molecule has 0 atom stereocenters. The van der Waals surface area contributed by atoms with Gasteiger partial charge in [-0.3, -0.25) is 4.79 Å². The summed E-state index contributed by atoms with van der Waals surface area (Å²) < 4.78 is 10.9. The number of carbonyl (C=O) groups is 1. The number of fused-ring (bicyclic) bond motifs is 1. The van der Waals surface area contributed by atoms with Crippen molar-refractivity contribution in [1.82, 2.24) is 4.98 Å². The first-order valence-corrected chi connectivity index (χ1v) is 8.11. The predicted octanol–water partition coefficient (Wildman–Crippen LogP) is 4.00. The van der Waals surface area contributed by atoms with E-state index in [1.165, 1.54) is 6.07 Å². The number of aromatic amines is 1. The zero-order valence-electron chi connectivity index (χ0n) is 15.0. The van der Waals surface area contributed by atoms with Gasteiger partial charge in [-0.2, -0.15) is 0 Å². The third-order valence-corrected chi connectivity index (χ3v) is 3.48. The van der Waals surface area contributed by atoms with E-state index in [4.69, 9.17) is 9.47 Å². The highest BCUT2D eigenvalue weighted by Crippen LogP contribution is 2.22. The number of benzene rings is 1. The third kappa shape index (κ3) is 5.08. The summed E-state index contributed by atoms with van der Waals surface area (Å²) in [5.41, 5.74) is 2.53. The summed E-state index contributed by atoms with van der Waals surface area (Å²) in [6.07, 6.45) is 3.74. The van der Waals surface area contributed by atoms with Crippen LogP contribution >= 0.6 is 0 Å². The SMILES string of the molecule is CC(C)=CCOC(=O)c1cc(=O)c2cccc(OCC=C(C)C)c2[nH]1. The molecule has 1 N–H and O–H groups in total. The van der Waals surface area contributed by atoms with Gasteiger partial charge in [-0.25, -0.2) is 4.79 Å². The van der Waals surface area contributed by atoms with Crippen molar-refractivity contribution in [1.29, 1.82) is 0 Å². The van der Waals surface area contributed by atoms with E-state index in [0.29, 0.717) is 23.3 Å². The molecule has 1 aromatic heterocycles. The highest BCUT2D eigenvalue weighted by Gasteiger charge is 2.13. The molecular weight excluding hydrogens is 318 g/mol. The number of ether oxygens (including phenoxy) is 2. The molecule has 0 bridgehead atoms. The Labute approximate surface area is 147 Å². The van der Waals surface area contributed by atoms with Gasteiger partial charge in [-0.1, -0.05) is 17.2 Å². The quantitative estimate of drug-likeness (QED) is 0.637. The Balaban J connectivity index is 2.34. The second-order valence-corrected chi connectivity index (χ2v) is 6.20. The first-order chi connectivity index (χ1) is 11.9. The highest BCUT2D eigenvalue weighted by atomic mass is 16.5. The summed E-state index contributed by atoms with van der Waals surface area (Å²) >= 11 is 0. The average Bonchev–Trinajstić information content (AvgIpc) is 2.54. The minimum Gasteiger partial charge on any atom is -0.487 e. The number of allylic oxidation sites excluding steroid dienone is 2. The Kier molecular flexibility index (Phi) is 6.17. The molecule has 2 rings (SSSR count). The molecule has 1 heterocycles. The minimum absolute atomic E-state index is 0.109. The largest absolute Gasteiger partial charge is 0.487 e. The van der Waals surface area contributed by atoms with Crippen LogP contribution < -0.4 is 10.2 Å². The molecule has 0 aliphatic rings. The lowest BCUT2D eigenvalue weighted by molar-refractivity contribution is 0.0542. The van der Waals surface area contributed by atoms with Crippen LogP contribution in [0.4, 0.5) is 0 Å². The number of H-pyrrole nitrogens is 1. The second kappa shape index (κ2) is 8.33. The van der Waals surface area contributed by atoms with Gasteiger partial charge in [-0.15, -0.1) is 0 Å². The Morgan fingerprint density at radius 2 is 1.76 bits per heavy atom. The Hall–Kier alpha value is -2.82. The molecular formula is C20H23NO4. The molecule has 0 unspecified atom stereocenters. The first-order valence-electron chi connectivity index (χ1n) is 8.11. The van der Waals surface area contributed by atoms with E-state index in [9.17, 15) is 9.59 Å². The molecule has 2 aromatic rings. The highest BCUT2D eigenvalue weighted by molar-refractivity contribution is 5.92. The summed E-state index contributed by atoms with van der Waals surface area (Å²) in [5, 5.41) is 0.468. The number of para-hydroxylation sites is 1. The van der Waals surface area contributed by atoms with Crippen LogP contribution in [0.25, 0.3) is 10.9 Å². The molecule has 25 heavy (non-hydrogen) atoms. The average molecular weight is 341 g/mol. The summed E-state index contributed by atoms with van der Waals surface area (Å²) in [6.45, 7) is 8.35. The normalized spacial score (nSPS) is 10.2.